The van der Waals surface area contributed by atoms with Crippen molar-refractivity contribution < 1.29 is 22.7 Å². The Morgan fingerprint density at radius 2 is 1.87 bits per heavy atom. The average molecular weight is 413 g/mol. The largest absolute Gasteiger partial charge is 0.373 e. The van der Waals surface area contributed by atoms with Crippen LogP contribution in [0.4, 0.5) is 18.9 Å². The van der Waals surface area contributed by atoms with Crippen LogP contribution in [0.25, 0.3) is 15.6 Å². The van der Waals surface area contributed by atoms with Crippen LogP contribution < -0.4 is 5.56 Å². The van der Waals surface area contributed by atoms with Crippen molar-refractivity contribution in [1.29, 1.82) is 0 Å². The smallest absolute Gasteiger partial charge is 0.256 e. The van der Waals surface area contributed by atoms with Gasteiger partial charge in [-0.2, -0.15) is 0 Å². The van der Waals surface area contributed by atoms with E-state index < -0.39 is 35.0 Å². The van der Waals surface area contributed by atoms with Crippen LogP contribution in [0, 0.1) is 24.0 Å². The predicted molar refractivity (Wildman–Crippen MR) is 102 cm³/mol. The Labute approximate surface area is 168 Å². The van der Waals surface area contributed by atoms with Crippen molar-refractivity contribution in [2.75, 3.05) is 13.7 Å². The molecule has 30 heavy (non-hydrogen) atoms. The number of rotatable bonds is 2. The first-order valence-corrected chi connectivity index (χ1v) is 8.87. The van der Waals surface area contributed by atoms with Crippen LogP contribution in [-0.2, 0) is 11.3 Å². The Balaban J connectivity index is 1.82. The van der Waals surface area contributed by atoms with E-state index in [2.05, 4.69) is 9.83 Å². The molecule has 3 aromatic rings. The second-order valence-corrected chi connectivity index (χ2v) is 6.88. The number of likely N-dealkylation sites (N-methyl/N-ethyl adjacent to an activating group) is 1. The highest BCUT2D eigenvalue weighted by Gasteiger charge is 2.31. The second-order valence-electron chi connectivity index (χ2n) is 6.88. The van der Waals surface area contributed by atoms with Gasteiger partial charge in [0, 0.05) is 23.9 Å². The minimum absolute atomic E-state index is 0.0143. The Morgan fingerprint density at radius 3 is 2.53 bits per heavy atom. The third-order valence-electron chi connectivity index (χ3n) is 5.14. The summed E-state index contributed by atoms with van der Waals surface area (Å²) >= 11 is 0. The molecule has 1 N–H and O–H groups in total. The maximum atomic E-state index is 14.0. The van der Waals surface area contributed by atoms with Crippen LogP contribution in [0.1, 0.15) is 27.7 Å². The van der Waals surface area contributed by atoms with E-state index in [-0.39, 0.29) is 35.2 Å². The van der Waals surface area contributed by atoms with Gasteiger partial charge in [-0.05, 0) is 23.6 Å². The molecule has 1 aromatic heterocycles. The summed E-state index contributed by atoms with van der Waals surface area (Å²) in [5.74, 6) is -3.66. The molecular formula is C21H14F3N3O3. The minimum Gasteiger partial charge on any atom is -0.373 e. The molecule has 1 atom stereocenters. The quantitative estimate of drug-likeness (QED) is 0.650. The van der Waals surface area contributed by atoms with Gasteiger partial charge in [-0.3, -0.25) is 9.59 Å². The normalized spacial score (nSPS) is 15.5. The zero-order valence-electron chi connectivity index (χ0n) is 15.6. The van der Waals surface area contributed by atoms with Crippen molar-refractivity contribution in [3.05, 3.63) is 86.4 Å². The number of hydrogen-bond acceptors (Lipinski definition) is 3. The summed E-state index contributed by atoms with van der Waals surface area (Å²) in [6, 6.07) is 4.51. The molecule has 1 aliphatic rings. The van der Waals surface area contributed by atoms with Gasteiger partial charge in [0.25, 0.3) is 11.5 Å². The fourth-order valence-electron chi connectivity index (χ4n) is 3.62. The number of pyridine rings is 1. The number of nitrogens with one attached hydrogen (secondary N) is 1. The summed E-state index contributed by atoms with van der Waals surface area (Å²) in [4.78, 5) is 32.2. The SMILES string of the molecule is [C-]#[N+]c1ccc(C(=O)N(C)[C@@H]2COCc3[nH]c(=O)c4cc(F)c(F)cc4c32)cc1F. The highest BCUT2D eigenvalue weighted by atomic mass is 19.2. The number of benzene rings is 2. The first-order valence-electron chi connectivity index (χ1n) is 8.87. The van der Waals surface area contributed by atoms with Gasteiger partial charge >= 0.3 is 0 Å². The number of nitrogens with zero attached hydrogens (tertiary/aromatic N) is 2. The maximum absolute atomic E-state index is 14.0. The molecule has 0 fully saturated rings. The van der Waals surface area contributed by atoms with Crippen molar-refractivity contribution >= 4 is 22.4 Å². The summed E-state index contributed by atoms with van der Waals surface area (Å²) in [5, 5.41) is 0.128. The monoisotopic (exact) mass is 413 g/mol. The van der Waals surface area contributed by atoms with E-state index in [4.69, 9.17) is 11.3 Å². The van der Waals surface area contributed by atoms with Gasteiger partial charge in [0.15, 0.2) is 11.6 Å². The number of ether oxygens (including phenoxy) is 1. The molecule has 9 heteroatoms. The summed E-state index contributed by atoms with van der Waals surface area (Å²) in [6.45, 7) is 6.98. The third kappa shape index (κ3) is 3.11. The molecule has 152 valence electrons. The van der Waals surface area contributed by atoms with Crippen molar-refractivity contribution in [2.24, 2.45) is 0 Å². The number of hydrogen-bond donors (Lipinski definition) is 1. The molecule has 0 aliphatic carbocycles. The fourth-order valence-corrected chi connectivity index (χ4v) is 3.62. The molecule has 4 rings (SSSR count). The molecule has 0 radical (unpaired) electrons. The summed E-state index contributed by atoms with van der Waals surface area (Å²) < 4.78 is 47.1. The lowest BCUT2D eigenvalue weighted by Gasteiger charge is -2.34. The number of carbonyl (C=O) groups is 1. The topological polar surface area (TPSA) is 66.8 Å². The Hall–Kier alpha value is -3.64. The molecule has 6 nitrogen and oxygen atoms in total. The fraction of sp³-hybridized carbons (Fsp3) is 0.190. The summed E-state index contributed by atoms with van der Waals surface area (Å²) in [5.41, 5.74) is -0.00688. The van der Waals surface area contributed by atoms with Crippen LogP contribution in [-0.4, -0.2) is 29.4 Å². The molecule has 1 amide bonds. The van der Waals surface area contributed by atoms with Gasteiger partial charge in [0.05, 0.1) is 31.2 Å². The summed E-state index contributed by atoms with van der Waals surface area (Å²) in [7, 11) is 1.46. The minimum atomic E-state index is -1.16. The number of amides is 1. The molecule has 0 saturated carbocycles. The van der Waals surface area contributed by atoms with Crippen molar-refractivity contribution in [3.63, 3.8) is 0 Å². The van der Waals surface area contributed by atoms with Gasteiger partial charge in [-0.1, -0.05) is 12.1 Å². The van der Waals surface area contributed by atoms with Gasteiger partial charge in [-0.25, -0.2) is 18.0 Å². The van der Waals surface area contributed by atoms with Crippen molar-refractivity contribution in [3.8, 4) is 0 Å². The van der Waals surface area contributed by atoms with Gasteiger partial charge in [-0.15, -0.1) is 0 Å². The van der Waals surface area contributed by atoms with Crippen molar-refractivity contribution in [2.45, 2.75) is 12.6 Å². The maximum Gasteiger partial charge on any atom is 0.256 e. The predicted octanol–water partition coefficient (Wildman–Crippen LogP) is 3.84. The Morgan fingerprint density at radius 1 is 1.17 bits per heavy atom. The van der Waals surface area contributed by atoms with E-state index >= 15 is 0 Å². The number of aromatic amines is 1. The van der Waals surface area contributed by atoms with Crippen LogP contribution in [0.3, 0.4) is 0 Å². The zero-order chi connectivity index (χ0) is 21.6. The molecule has 0 bridgehead atoms. The van der Waals surface area contributed by atoms with Crippen LogP contribution in [0.2, 0.25) is 0 Å². The third-order valence-corrected chi connectivity index (χ3v) is 5.14. The molecule has 0 unspecified atom stereocenters. The van der Waals surface area contributed by atoms with Crippen LogP contribution in [0.15, 0.2) is 35.1 Å². The van der Waals surface area contributed by atoms with Gasteiger partial charge < -0.3 is 14.6 Å². The van der Waals surface area contributed by atoms with Gasteiger partial charge in [0.1, 0.15) is 5.82 Å². The Kier molecular flexibility index (Phi) is 4.79. The number of carbonyl (C=O) groups excluding carboxylic acids is 1. The van der Waals surface area contributed by atoms with E-state index in [1.165, 1.54) is 24.1 Å². The standard InChI is InChI=1S/C21H14F3N3O3/c1-25-16-4-3-10(5-15(16)24)21(29)27(2)18-9-30-8-17-19(18)11-6-13(22)14(23)7-12(11)20(28)26-17/h3-7,18H,8-9H2,2H3,(H,26,28)/t18-/m1/s1. The second kappa shape index (κ2) is 7.31. The summed E-state index contributed by atoms with van der Waals surface area (Å²) in [6.07, 6.45) is 0. The zero-order valence-corrected chi connectivity index (χ0v) is 15.6. The lowest BCUT2D eigenvalue weighted by Crippen LogP contribution is -2.37. The highest BCUT2D eigenvalue weighted by Crippen LogP contribution is 2.34. The number of H-pyrrole nitrogens is 1. The lowest BCUT2D eigenvalue weighted by molar-refractivity contribution is 0.0335. The number of halogens is 3. The molecule has 0 saturated heterocycles. The van der Waals surface area contributed by atoms with E-state index in [9.17, 15) is 22.8 Å². The lowest BCUT2D eigenvalue weighted by atomic mass is 9.95. The van der Waals surface area contributed by atoms with E-state index in [1.807, 2.05) is 0 Å². The molecule has 1 aliphatic heterocycles. The molecular weight excluding hydrogens is 399 g/mol. The van der Waals surface area contributed by atoms with E-state index in [0.717, 1.165) is 18.2 Å². The molecule has 2 aromatic carbocycles. The first kappa shape index (κ1) is 19.7. The number of aromatic nitrogens is 1. The van der Waals surface area contributed by atoms with Gasteiger partial charge in [0.2, 0.25) is 5.69 Å². The van der Waals surface area contributed by atoms with E-state index in [1.54, 1.807) is 0 Å². The van der Waals surface area contributed by atoms with Crippen LogP contribution >= 0.6 is 0 Å². The average Bonchev–Trinajstić information content (AvgIpc) is 2.73. The highest BCUT2D eigenvalue weighted by molar-refractivity contribution is 5.95. The van der Waals surface area contributed by atoms with Crippen LogP contribution in [0.5, 0.6) is 0 Å². The first-order chi connectivity index (χ1) is 14.3. The number of fused-ring (bicyclic) bond motifs is 3. The molecule has 2 heterocycles. The molecule has 0 spiro atoms. The van der Waals surface area contributed by atoms with Crippen molar-refractivity contribution in [1.82, 2.24) is 9.88 Å². The van der Waals surface area contributed by atoms with E-state index in [0.29, 0.717) is 11.3 Å². The Bertz CT molecular complexity index is 1300.